The maximum Gasteiger partial charge on any atom is 0.243 e. The van der Waals surface area contributed by atoms with Gasteiger partial charge in [0.05, 0.1) is 6.21 Å². The SMILES string of the molecule is O=C(N/N=C/c1ccccc1O)C1CCN(Cc2ccc(Br)cc2)CC1. The Morgan fingerprint density at radius 1 is 1.19 bits per heavy atom. The van der Waals surface area contributed by atoms with Crippen LogP contribution in [-0.4, -0.2) is 35.2 Å². The number of nitrogens with zero attached hydrogens (tertiary/aromatic N) is 2. The molecular formula is C20H22BrN3O2. The fourth-order valence-corrected chi connectivity index (χ4v) is 3.32. The highest BCUT2D eigenvalue weighted by atomic mass is 79.9. The first-order valence-corrected chi connectivity index (χ1v) is 9.49. The fourth-order valence-electron chi connectivity index (χ4n) is 3.05. The summed E-state index contributed by atoms with van der Waals surface area (Å²) in [7, 11) is 0. The fraction of sp³-hybridized carbons (Fsp3) is 0.300. The topological polar surface area (TPSA) is 64.9 Å². The molecule has 1 heterocycles. The largest absolute Gasteiger partial charge is 0.507 e. The Morgan fingerprint density at radius 3 is 2.58 bits per heavy atom. The summed E-state index contributed by atoms with van der Waals surface area (Å²) in [5.74, 6) is 0.0735. The van der Waals surface area contributed by atoms with E-state index in [1.807, 2.05) is 6.07 Å². The summed E-state index contributed by atoms with van der Waals surface area (Å²) in [4.78, 5) is 14.6. The van der Waals surface area contributed by atoms with Gasteiger partial charge in [0.2, 0.25) is 5.91 Å². The van der Waals surface area contributed by atoms with Crippen molar-refractivity contribution in [2.45, 2.75) is 19.4 Å². The number of para-hydroxylation sites is 1. The third kappa shape index (κ3) is 5.16. The van der Waals surface area contributed by atoms with Crippen LogP contribution in [0.1, 0.15) is 24.0 Å². The van der Waals surface area contributed by atoms with Gasteiger partial charge in [0.25, 0.3) is 0 Å². The lowest BCUT2D eigenvalue weighted by atomic mass is 9.96. The molecule has 0 spiro atoms. The molecule has 0 aliphatic carbocycles. The van der Waals surface area contributed by atoms with Gasteiger partial charge >= 0.3 is 0 Å². The summed E-state index contributed by atoms with van der Waals surface area (Å²) in [6.07, 6.45) is 3.12. The standard InChI is InChI=1S/C20H22BrN3O2/c21-18-7-5-15(6-8-18)14-24-11-9-16(10-12-24)20(26)23-22-13-17-3-1-2-4-19(17)25/h1-8,13,16,25H,9-12,14H2,(H,23,26)/b22-13+. The van der Waals surface area contributed by atoms with Crippen molar-refractivity contribution in [1.82, 2.24) is 10.3 Å². The minimum atomic E-state index is -0.0556. The number of aromatic hydroxyl groups is 1. The van der Waals surface area contributed by atoms with Gasteiger partial charge in [0.1, 0.15) is 5.75 Å². The number of hydrogen-bond acceptors (Lipinski definition) is 4. The Labute approximate surface area is 161 Å². The van der Waals surface area contributed by atoms with E-state index in [2.05, 4.69) is 55.6 Å². The minimum Gasteiger partial charge on any atom is -0.507 e. The summed E-state index contributed by atoms with van der Waals surface area (Å²) >= 11 is 3.45. The number of carbonyl (C=O) groups excluding carboxylic acids is 1. The van der Waals surface area contributed by atoms with Crippen LogP contribution in [0.4, 0.5) is 0 Å². The molecule has 5 nitrogen and oxygen atoms in total. The maximum absolute atomic E-state index is 12.3. The van der Waals surface area contributed by atoms with Crippen LogP contribution in [0.15, 0.2) is 58.1 Å². The smallest absolute Gasteiger partial charge is 0.243 e. The third-order valence-corrected chi connectivity index (χ3v) is 5.12. The summed E-state index contributed by atoms with van der Waals surface area (Å²) in [5, 5.41) is 13.6. The van der Waals surface area contributed by atoms with Crippen LogP contribution < -0.4 is 5.43 Å². The zero-order chi connectivity index (χ0) is 18.4. The maximum atomic E-state index is 12.3. The van der Waals surface area contributed by atoms with Crippen molar-refractivity contribution in [2.24, 2.45) is 11.0 Å². The van der Waals surface area contributed by atoms with Gasteiger partial charge < -0.3 is 5.11 Å². The molecule has 6 heteroatoms. The minimum absolute atomic E-state index is 0.0160. The Balaban J connectivity index is 1.44. The van der Waals surface area contributed by atoms with Gasteiger partial charge in [-0.2, -0.15) is 5.10 Å². The highest BCUT2D eigenvalue weighted by Crippen LogP contribution is 2.20. The Bertz CT molecular complexity index is 769. The molecule has 0 aromatic heterocycles. The van der Waals surface area contributed by atoms with Crippen LogP contribution in [0.3, 0.4) is 0 Å². The summed E-state index contributed by atoms with van der Waals surface area (Å²) in [5.41, 5.74) is 4.46. The molecule has 2 N–H and O–H groups in total. The summed E-state index contributed by atoms with van der Waals surface area (Å²) in [6, 6.07) is 15.2. The number of phenolic OH excluding ortho intramolecular Hbond substituents is 1. The Kier molecular flexibility index (Phi) is 6.41. The summed E-state index contributed by atoms with van der Waals surface area (Å²) in [6.45, 7) is 2.71. The van der Waals surface area contributed by atoms with Gasteiger partial charge in [-0.15, -0.1) is 0 Å². The Morgan fingerprint density at radius 2 is 1.88 bits per heavy atom. The van der Waals surface area contributed by atoms with Gasteiger partial charge in [-0.05, 0) is 55.8 Å². The number of rotatable bonds is 5. The van der Waals surface area contributed by atoms with Gasteiger partial charge in [0, 0.05) is 22.5 Å². The molecule has 136 valence electrons. The van der Waals surface area contributed by atoms with E-state index >= 15 is 0 Å². The van der Waals surface area contributed by atoms with Gasteiger partial charge in [-0.25, -0.2) is 5.43 Å². The normalized spacial score (nSPS) is 16.0. The first-order chi connectivity index (χ1) is 12.6. The van der Waals surface area contributed by atoms with Crippen LogP contribution >= 0.6 is 15.9 Å². The van der Waals surface area contributed by atoms with E-state index in [1.165, 1.54) is 11.8 Å². The molecule has 1 fully saturated rings. The average Bonchev–Trinajstić information content (AvgIpc) is 2.66. The molecule has 1 aliphatic rings. The van der Waals surface area contributed by atoms with Crippen LogP contribution in [0.5, 0.6) is 5.75 Å². The van der Waals surface area contributed by atoms with Gasteiger partial charge in [0.15, 0.2) is 0 Å². The van der Waals surface area contributed by atoms with Gasteiger partial charge in [-0.3, -0.25) is 9.69 Å². The predicted octanol–water partition coefficient (Wildman–Crippen LogP) is 3.52. The molecule has 2 aromatic carbocycles. The number of carbonyl (C=O) groups is 1. The first-order valence-electron chi connectivity index (χ1n) is 8.69. The number of likely N-dealkylation sites (tertiary alicyclic amines) is 1. The quantitative estimate of drug-likeness (QED) is 0.579. The molecule has 1 amide bonds. The molecule has 0 radical (unpaired) electrons. The highest BCUT2D eigenvalue weighted by Gasteiger charge is 2.24. The number of piperidine rings is 1. The van der Waals surface area contributed by atoms with Crippen molar-refractivity contribution in [1.29, 1.82) is 0 Å². The van der Waals surface area contributed by atoms with Crippen molar-refractivity contribution < 1.29 is 9.90 Å². The molecule has 0 unspecified atom stereocenters. The lowest BCUT2D eigenvalue weighted by molar-refractivity contribution is -0.126. The Hall–Kier alpha value is -2.18. The number of nitrogens with one attached hydrogen (secondary N) is 1. The van der Waals surface area contributed by atoms with Crippen LogP contribution in [0.2, 0.25) is 0 Å². The molecule has 2 aromatic rings. The highest BCUT2D eigenvalue weighted by molar-refractivity contribution is 9.10. The second kappa shape index (κ2) is 8.96. The van der Waals surface area contributed by atoms with E-state index in [9.17, 15) is 9.90 Å². The predicted molar refractivity (Wildman–Crippen MR) is 106 cm³/mol. The second-order valence-electron chi connectivity index (χ2n) is 6.47. The van der Waals surface area contributed by atoms with Crippen molar-refractivity contribution in [3.63, 3.8) is 0 Å². The van der Waals surface area contributed by atoms with Crippen molar-refractivity contribution in [2.75, 3.05) is 13.1 Å². The summed E-state index contributed by atoms with van der Waals surface area (Å²) < 4.78 is 1.08. The number of hydrazone groups is 1. The molecule has 26 heavy (non-hydrogen) atoms. The van der Waals surface area contributed by atoms with Crippen LogP contribution in [-0.2, 0) is 11.3 Å². The lowest BCUT2D eigenvalue weighted by Crippen LogP contribution is -2.39. The van der Waals surface area contributed by atoms with E-state index in [1.54, 1.807) is 18.2 Å². The van der Waals surface area contributed by atoms with Crippen molar-refractivity contribution in [3.05, 3.63) is 64.1 Å². The average molecular weight is 416 g/mol. The van der Waals surface area contributed by atoms with Gasteiger partial charge in [-0.1, -0.05) is 40.2 Å². The second-order valence-corrected chi connectivity index (χ2v) is 7.39. The van der Waals surface area contributed by atoms with E-state index < -0.39 is 0 Å². The first kappa shape index (κ1) is 18.6. The van der Waals surface area contributed by atoms with Crippen LogP contribution in [0.25, 0.3) is 0 Å². The molecule has 0 bridgehead atoms. The number of phenols is 1. The molecule has 0 saturated carbocycles. The lowest BCUT2D eigenvalue weighted by Gasteiger charge is -2.30. The molecule has 1 aliphatic heterocycles. The van der Waals surface area contributed by atoms with E-state index in [-0.39, 0.29) is 17.6 Å². The van der Waals surface area contributed by atoms with Crippen molar-refractivity contribution in [3.8, 4) is 5.75 Å². The van der Waals surface area contributed by atoms with E-state index in [0.29, 0.717) is 5.56 Å². The zero-order valence-electron chi connectivity index (χ0n) is 14.4. The van der Waals surface area contributed by atoms with E-state index in [4.69, 9.17) is 0 Å². The van der Waals surface area contributed by atoms with E-state index in [0.717, 1.165) is 36.9 Å². The molecule has 3 rings (SSSR count). The monoisotopic (exact) mass is 415 g/mol. The third-order valence-electron chi connectivity index (χ3n) is 4.59. The number of halogens is 1. The molecular weight excluding hydrogens is 394 g/mol. The molecule has 0 atom stereocenters. The van der Waals surface area contributed by atoms with Crippen LogP contribution in [0, 0.1) is 5.92 Å². The van der Waals surface area contributed by atoms with Crippen molar-refractivity contribution >= 4 is 28.1 Å². The number of amides is 1. The molecule has 1 saturated heterocycles. The zero-order valence-corrected chi connectivity index (χ0v) is 16.0. The number of hydrogen-bond donors (Lipinski definition) is 2. The number of benzene rings is 2.